The number of ketones is 1. The van der Waals surface area contributed by atoms with E-state index in [4.69, 9.17) is 0 Å². The minimum atomic E-state index is -0.835. The van der Waals surface area contributed by atoms with Gasteiger partial charge < -0.3 is 5.11 Å². The number of Topliss-reactive ketones (excluding diaryl/α,β-unsaturated/α-hetero) is 1. The molecule has 3 aliphatic rings. The highest BCUT2D eigenvalue weighted by atomic mass is 16.4. The molecular weight excluding hydrogens is 336 g/mol. The molecule has 0 radical (unpaired) electrons. The van der Waals surface area contributed by atoms with E-state index < -0.39 is 5.97 Å². The van der Waals surface area contributed by atoms with Crippen LogP contribution in [0.5, 0.6) is 0 Å². The molecular formula is C24H32O3. The first-order chi connectivity index (χ1) is 12.8. The van der Waals surface area contributed by atoms with Crippen LogP contribution in [0.3, 0.4) is 0 Å². The third kappa shape index (κ3) is 3.03. The fourth-order valence-corrected chi connectivity index (χ4v) is 6.79. The number of aryl methyl sites for hydroxylation is 1. The van der Waals surface area contributed by atoms with E-state index in [2.05, 4.69) is 26.8 Å². The maximum Gasteiger partial charge on any atom is 0.335 e. The highest BCUT2D eigenvalue weighted by Gasteiger charge is 2.56. The number of benzene rings is 1. The van der Waals surface area contributed by atoms with Crippen molar-refractivity contribution in [2.24, 2.45) is 29.1 Å². The minimum absolute atomic E-state index is 0.172. The standard InChI is InChI=1S/C24H32O3/c1-14(2)12-22(25)21-9-8-20-19-7-4-15-13-16(23(26)27)5-6-17(15)18(19)10-11-24(20,21)3/h5-6,13-14,18-21H,4,7-12H2,1-3H3,(H,26,27)/t18-,19-,20+,21-,24+/m1/s1. The Morgan fingerprint density at radius 1 is 1.19 bits per heavy atom. The van der Waals surface area contributed by atoms with Crippen LogP contribution in [0.2, 0.25) is 0 Å². The molecule has 27 heavy (non-hydrogen) atoms. The van der Waals surface area contributed by atoms with Gasteiger partial charge in [0.2, 0.25) is 0 Å². The summed E-state index contributed by atoms with van der Waals surface area (Å²) < 4.78 is 0. The predicted octanol–water partition coefficient (Wildman–Crippen LogP) is 5.47. The van der Waals surface area contributed by atoms with E-state index in [1.165, 1.54) is 17.5 Å². The Balaban J connectivity index is 1.59. The molecule has 0 aliphatic heterocycles. The summed E-state index contributed by atoms with van der Waals surface area (Å²) in [4.78, 5) is 24.2. The molecule has 1 aromatic carbocycles. The Morgan fingerprint density at radius 2 is 1.96 bits per heavy atom. The van der Waals surface area contributed by atoms with Crippen LogP contribution >= 0.6 is 0 Å². The van der Waals surface area contributed by atoms with E-state index >= 15 is 0 Å². The van der Waals surface area contributed by atoms with Gasteiger partial charge >= 0.3 is 5.97 Å². The van der Waals surface area contributed by atoms with Gasteiger partial charge in [-0.25, -0.2) is 4.79 Å². The second-order valence-electron chi connectivity index (χ2n) is 9.87. The minimum Gasteiger partial charge on any atom is -0.478 e. The topological polar surface area (TPSA) is 54.4 Å². The molecule has 3 heteroatoms. The van der Waals surface area contributed by atoms with Crippen molar-refractivity contribution in [3.8, 4) is 0 Å². The zero-order valence-electron chi connectivity index (χ0n) is 16.8. The summed E-state index contributed by atoms with van der Waals surface area (Å²) in [7, 11) is 0. The number of aromatic carboxylic acids is 1. The van der Waals surface area contributed by atoms with Crippen molar-refractivity contribution in [2.75, 3.05) is 0 Å². The van der Waals surface area contributed by atoms with Crippen LogP contribution in [0, 0.1) is 29.1 Å². The molecule has 0 amide bonds. The van der Waals surface area contributed by atoms with Gasteiger partial charge in [0.05, 0.1) is 5.56 Å². The van der Waals surface area contributed by atoms with E-state index in [1.807, 2.05) is 6.07 Å². The van der Waals surface area contributed by atoms with Gasteiger partial charge in [-0.15, -0.1) is 0 Å². The van der Waals surface area contributed by atoms with Crippen LogP contribution in [-0.2, 0) is 11.2 Å². The average molecular weight is 369 g/mol. The van der Waals surface area contributed by atoms with Gasteiger partial charge in [-0.3, -0.25) is 4.79 Å². The Labute approximate surface area is 162 Å². The van der Waals surface area contributed by atoms with Crippen LogP contribution in [0.1, 0.15) is 86.7 Å². The molecule has 0 heterocycles. The van der Waals surface area contributed by atoms with Gasteiger partial charge in [-0.2, -0.15) is 0 Å². The van der Waals surface area contributed by atoms with E-state index in [9.17, 15) is 14.7 Å². The Hall–Kier alpha value is -1.64. The van der Waals surface area contributed by atoms with Gasteiger partial charge in [-0.05, 0) is 90.9 Å². The molecule has 0 unspecified atom stereocenters. The van der Waals surface area contributed by atoms with Crippen molar-refractivity contribution in [1.29, 1.82) is 0 Å². The van der Waals surface area contributed by atoms with Crippen molar-refractivity contribution >= 4 is 11.8 Å². The lowest BCUT2D eigenvalue weighted by molar-refractivity contribution is -0.128. The molecule has 0 saturated heterocycles. The Kier molecular flexibility index (Phi) is 4.68. The summed E-state index contributed by atoms with van der Waals surface area (Å²) in [5, 5.41) is 9.29. The molecule has 1 N–H and O–H groups in total. The largest absolute Gasteiger partial charge is 0.478 e. The SMILES string of the molecule is CC(C)CC(=O)[C@H]1CC[C@H]2[C@@H]3CCc4cc(C(=O)O)ccc4[C@H]3CC[C@]12C. The van der Waals surface area contributed by atoms with Crippen LogP contribution < -0.4 is 0 Å². The van der Waals surface area contributed by atoms with Gasteiger partial charge in [0.1, 0.15) is 5.78 Å². The van der Waals surface area contributed by atoms with E-state index in [-0.39, 0.29) is 11.3 Å². The second kappa shape index (κ2) is 6.76. The first-order valence-electron chi connectivity index (χ1n) is 10.7. The number of carboxylic acid groups (broad SMARTS) is 1. The molecule has 3 aliphatic carbocycles. The third-order valence-electron chi connectivity index (χ3n) is 7.97. The first kappa shape index (κ1) is 18.7. The molecule has 0 aromatic heterocycles. The smallest absolute Gasteiger partial charge is 0.335 e. The van der Waals surface area contributed by atoms with Gasteiger partial charge in [0.25, 0.3) is 0 Å². The molecule has 0 bridgehead atoms. The van der Waals surface area contributed by atoms with Crippen LogP contribution in [0.15, 0.2) is 18.2 Å². The summed E-state index contributed by atoms with van der Waals surface area (Å²) >= 11 is 0. The normalized spacial score (nSPS) is 34.7. The molecule has 4 rings (SSSR count). The Bertz CT molecular complexity index is 765. The zero-order chi connectivity index (χ0) is 19.3. The number of fused-ring (bicyclic) bond motifs is 5. The van der Waals surface area contributed by atoms with Crippen molar-refractivity contribution < 1.29 is 14.7 Å². The lowest BCUT2D eigenvalue weighted by Crippen LogP contribution is -2.44. The van der Waals surface area contributed by atoms with Crippen LogP contribution in [0.4, 0.5) is 0 Å². The van der Waals surface area contributed by atoms with Gasteiger partial charge in [-0.1, -0.05) is 26.8 Å². The van der Waals surface area contributed by atoms with Crippen molar-refractivity contribution in [3.63, 3.8) is 0 Å². The lowest BCUT2D eigenvalue weighted by atomic mass is 9.53. The number of carbonyl (C=O) groups is 2. The van der Waals surface area contributed by atoms with E-state index in [1.54, 1.807) is 6.07 Å². The number of carbonyl (C=O) groups excluding carboxylic acids is 1. The molecule has 0 spiro atoms. The molecule has 3 nitrogen and oxygen atoms in total. The zero-order valence-corrected chi connectivity index (χ0v) is 16.8. The maximum atomic E-state index is 12.9. The van der Waals surface area contributed by atoms with Crippen molar-refractivity contribution in [3.05, 3.63) is 34.9 Å². The maximum absolute atomic E-state index is 12.9. The molecule has 2 fully saturated rings. The summed E-state index contributed by atoms with van der Waals surface area (Å²) in [6.07, 6.45) is 7.38. The lowest BCUT2D eigenvalue weighted by Gasteiger charge is -2.50. The van der Waals surface area contributed by atoms with E-state index in [0.29, 0.717) is 35.0 Å². The number of carboxylic acids is 1. The fourth-order valence-electron chi connectivity index (χ4n) is 6.79. The molecule has 5 atom stereocenters. The second-order valence-corrected chi connectivity index (χ2v) is 9.87. The number of rotatable bonds is 4. The van der Waals surface area contributed by atoms with Crippen LogP contribution in [0.25, 0.3) is 0 Å². The quantitative estimate of drug-likeness (QED) is 0.766. The molecule has 146 valence electrons. The van der Waals surface area contributed by atoms with Crippen LogP contribution in [-0.4, -0.2) is 16.9 Å². The van der Waals surface area contributed by atoms with Gasteiger partial charge in [0, 0.05) is 12.3 Å². The first-order valence-corrected chi connectivity index (χ1v) is 10.7. The summed E-state index contributed by atoms with van der Waals surface area (Å²) in [5.74, 6) is 2.21. The molecule has 2 saturated carbocycles. The Morgan fingerprint density at radius 3 is 2.67 bits per heavy atom. The summed E-state index contributed by atoms with van der Waals surface area (Å²) in [6.45, 7) is 6.69. The van der Waals surface area contributed by atoms with E-state index in [0.717, 1.165) is 38.5 Å². The van der Waals surface area contributed by atoms with Crippen molar-refractivity contribution in [1.82, 2.24) is 0 Å². The van der Waals surface area contributed by atoms with Crippen molar-refractivity contribution in [2.45, 2.75) is 71.6 Å². The average Bonchev–Trinajstić information content (AvgIpc) is 2.97. The summed E-state index contributed by atoms with van der Waals surface area (Å²) in [6, 6.07) is 5.75. The highest BCUT2D eigenvalue weighted by molar-refractivity contribution is 5.88. The molecule has 1 aromatic rings. The monoisotopic (exact) mass is 368 g/mol. The third-order valence-corrected chi connectivity index (χ3v) is 7.97. The number of hydrogen-bond acceptors (Lipinski definition) is 2. The fraction of sp³-hybridized carbons (Fsp3) is 0.667. The number of hydrogen-bond donors (Lipinski definition) is 1. The van der Waals surface area contributed by atoms with Gasteiger partial charge in [0.15, 0.2) is 0 Å². The predicted molar refractivity (Wildman–Crippen MR) is 106 cm³/mol. The summed E-state index contributed by atoms with van der Waals surface area (Å²) in [5.41, 5.74) is 3.21. The highest BCUT2D eigenvalue weighted by Crippen LogP contribution is 2.63.